The molecule has 1 amide bonds. The lowest BCUT2D eigenvalue weighted by Gasteiger charge is -2.09. The summed E-state index contributed by atoms with van der Waals surface area (Å²) in [7, 11) is 0. The first-order valence-electron chi connectivity index (χ1n) is 7.59. The number of rotatable bonds is 5. The molecule has 128 valence electrons. The van der Waals surface area contributed by atoms with Crippen molar-refractivity contribution in [3.05, 3.63) is 65.1 Å². The van der Waals surface area contributed by atoms with Crippen LogP contribution in [0, 0.1) is 19.7 Å². The minimum atomic E-state index is -0.437. The second-order valence-corrected chi connectivity index (χ2v) is 5.41. The molecule has 2 N–H and O–H groups in total. The molecular weight excluding hydrogens is 325 g/mol. The van der Waals surface area contributed by atoms with Gasteiger partial charge >= 0.3 is 0 Å². The average molecular weight is 341 g/mol. The molecule has 3 aromatic rings. The monoisotopic (exact) mass is 341 g/mol. The largest absolute Gasteiger partial charge is 0.366 e. The standard InChI is InChI=1S/C17H16FN5O2/c1-10-7-16(23-25-10)22-17(24)14-8-15(21-11(2)20-14)19-9-12-5-3-4-6-13(12)18/h3-8H,9H2,1-2H3,(H,19,20,21)(H,22,23,24). The molecule has 0 aliphatic heterocycles. The van der Waals surface area contributed by atoms with Crippen LogP contribution >= 0.6 is 0 Å². The van der Waals surface area contributed by atoms with E-state index in [1.54, 1.807) is 38.1 Å². The number of halogens is 1. The third-order valence-electron chi connectivity index (χ3n) is 3.36. The van der Waals surface area contributed by atoms with Crippen LogP contribution < -0.4 is 10.6 Å². The van der Waals surface area contributed by atoms with Crippen molar-refractivity contribution in [2.24, 2.45) is 0 Å². The van der Waals surface area contributed by atoms with Gasteiger partial charge in [-0.1, -0.05) is 23.4 Å². The molecule has 0 atom stereocenters. The van der Waals surface area contributed by atoms with Crippen molar-refractivity contribution >= 4 is 17.5 Å². The third kappa shape index (κ3) is 4.17. The first-order chi connectivity index (χ1) is 12.0. The van der Waals surface area contributed by atoms with Crippen LogP contribution in [0.5, 0.6) is 0 Å². The van der Waals surface area contributed by atoms with E-state index in [-0.39, 0.29) is 18.1 Å². The number of amides is 1. The molecule has 0 aliphatic rings. The van der Waals surface area contributed by atoms with E-state index in [1.165, 1.54) is 12.1 Å². The van der Waals surface area contributed by atoms with Gasteiger partial charge in [0, 0.05) is 24.2 Å². The van der Waals surface area contributed by atoms with Gasteiger partial charge in [-0.2, -0.15) is 0 Å². The Bertz CT molecular complexity index is 910. The minimum absolute atomic E-state index is 0.171. The van der Waals surface area contributed by atoms with Gasteiger partial charge in [-0.25, -0.2) is 14.4 Å². The van der Waals surface area contributed by atoms with Gasteiger partial charge < -0.3 is 15.2 Å². The van der Waals surface area contributed by atoms with Crippen LogP contribution in [0.15, 0.2) is 40.9 Å². The number of anilines is 2. The van der Waals surface area contributed by atoms with Gasteiger partial charge in [-0.15, -0.1) is 0 Å². The van der Waals surface area contributed by atoms with Crippen LogP contribution in [-0.4, -0.2) is 21.0 Å². The molecule has 7 nitrogen and oxygen atoms in total. The highest BCUT2D eigenvalue weighted by molar-refractivity contribution is 6.02. The number of nitrogens with one attached hydrogen (secondary N) is 2. The fraction of sp³-hybridized carbons (Fsp3) is 0.176. The summed E-state index contributed by atoms with van der Waals surface area (Å²) in [5.41, 5.74) is 0.673. The molecule has 2 aromatic heterocycles. The van der Waals surface area contributed by atoms with Gasteiger partial charge in [-0.3, -0.25) is 4.79 Å². The van der Waals surface area contributed by atoms with E-state index >= 15 is 0 Å². The quantitative estimate of drug-likeness (QED) is 0.741. The fourth-order valence-corrected chi connectivity index (χ4v) is 2.21. The van der Waals surface area contributed by atoms with Gasteiger partial charge in [0.25, 0.3) is 5.91 Å². The second-order valence-electron chi connectivity index (χ2n) is 5.41. The molecule has 0 fully saturated rings. The summed E-state index contributed by atoms with van der Waals surface area (Å²) in [4.78, 5) is 20.6. The van der Waals surface area contributed by atoms with Gasteiger partial charge in [-0.05, 0) is 19.9 Å². The Morgan fingerprint density at radius 2 is 1.96 bits per heavy atom. The number of hydrogen-bond donors (Lipinski definition) is 2. The number of carbonyl (C=O) groups excluding carboxylic acids is 1. The fourth-order valence-electron chi connectivity index (χ4n) is 2.21. The highest BCUT2D eigenvalue weighted by atomic mass is 19.1. The predicted molar refractivity (Wildman–Crippen MR) is 89.7 cm³/mol. The second kappa shape index (κ2) is 7.08. The number of benzene rings is 1. The van der Waals surface area contributed by atoms with Gasteiger partial charge in [0.15, 0.2) is 5.82 Å². The van der Waals surface area contributed by atoms with Crippen LogP contribution in [0.25, 0.3) is 0 Å². The van der Waals surface area contributed by atoms with E-state index in [2.05, 4.69) is 25.8 Å². The molecule has 0 saturated heterocycles. The molecule has 3 rings (SSSR count). The number of aromatic nitrogens is 3. The summed E-state index contributed by atoms with van der Waals surface area (Å²) in [6.45, 7) is 3.64. The third-order valence-corrected chi connectivity index (χ3v) is 3.36. The summed E-state index contributed by atoms with van der Waals surface area (Å²) in [5, 5.41) is 9.30. The van der Waals surface area contributed by atoms with Crippen LogP contribution in [0.1, 0.15) is 27.6 Å². The first kappa shape index (κ1) is 16.6. The number of aryl methyl sites for hydroxylation is 2. The lowest BCUT2D eigenvalue weighted by molar-refractivity contribution is 0.102. The van der Waals surface area contributed by atoms with Crippen molar-refractivity contribution in [1.82, 2.24) is 15.1 Å². The Morgan fingerprint density at radius 1 is 1.16 bits per heavy atom. The Hall–Kier alpha value is -3.29. The molecule has 0 saturated carbocycles. The SMILES string of the molecule is Cc1nc(NCc2ccccc2F)cc(C(=O)Nc2cc(C)on2)n1. The molecular formula is C17H16FN5O2. The number of nitrogens with zero attached hydrogens (tertiary/aromatic N) is 3. The van der Waals surface area contributed by atoms with Crippen molar-refractivity contribution in [2.45, 2.75) is 20.4 Å². The van der Waals surface area contributed by atoms with Gasteiger partial charge in [0.1, 0.15) is 28.9 Å². The van der Waals surface area contributed by atoms with Crippen molar-refractivity contribution in [1.29, 1.82) is 0 Å². The van der Waals surface area contributed by atoms with Crippen LogP contribution in [0.2, 0.25) is 0 Å². The summed E-state index contributed by atoms with van der Waals surface area (Å²) in [5.74, 6) is 0.992. The topological polar surface area (TPSA) is 92.9 Å². The van der Waals surface area contributed by atoms with Gasteiger partial charge in [0.2, 0.25) is 0 Å². The Balaban J connectivity index is 1.73. The zero-order valence-electron chi connectivity index (χ0n) is 13.7. The summed E-state index contributed by atoms with van der Waals surface area (Å²) < 4.78 is 18.6. The lowest BCUT2D eigenvalue weighted by atomic mass is 10.2. The molecule has 0 unspecified atom stereocenters. The van der Waals surface area contributed by atoms with Gasteiger partial charge in [0.05, 0.1) is 0 Å². The van der Waals surface area contributed by atoms with Crippen LogP contribution in [0.4, 0.5) is 16.0 Å². The maximum Gasteiger partial charge on any atom is 0.275 e. The maximum atomic E-state index is 13.7. The smallest absolute Gasteiger partial charge is 0.275 e. The van der Waals surface area contributed by atoms with E-state index in [9.17, 15) is 9.18 Å². The van der Waals surface area contributed by atoms with Crippen molar-refractivity contribution < 1.29 is 13.7 Å². The molecule has 0 bridgehead atoms. The van der Waals surface area contributed by atoms with E-state index < -0.39 is 5.91 Å². The molecule has 2 heterocycles. The maximum absolute atomic E-state index is 13.7. The molecule has 0 radical (unpaired) electrons. The van der Waals surface area contributed by atoms with Crippen LogP contribution in [-0.2, 0) is 6.54 Å². The summed E-state index contributed by atoms with van der Waals surface area (Å²) in [6, 6.07) is 9.54. The predicted octanol–water partition coefficient (Wildman–Crippen LogP) is 3.08. The molecule has 0 aliphatic carbocycles. The number of carbonyl (C=O) groups is 1. The summed E-state index contributed by atoms with van der Waals surface area (Å²) in [6.07, 6.45) is 0. The Morgan fingerprint density at radius 3 is 2.68 bits per heavy atom. The van der Waals surface area contributed by atoms with Crippen molar-refractivity contribution in [2.75, 3.05) is 10.6 Å². The Labute approximate surface area is 143 Å². The van der Waals surface area contributed by atoms with E-state index in [4.69, 9.17) is 4.52 Å². The minimum Gasteiger partial charge on any atom is -0.366 e. The normalized spacial score (nSPS) is 10.5. The van der Waals surface area contributed by atoms with E-state index in [0.29, 0.717) is 28.8 Å². The average Bonchev–Trinajstić information content (AvgIpc) is 2.98. The van der Waals surface area contributed by atoms with Crippen molar-refractivity contribution in [3.63, 3.8) is 0 Å². The highest BCUT2D eigenvalue weighted by Gasteiger charge is 2.13. The van der Waals surface area contributed by atoms with E-state index in [1.807, 2.05) is 0 Å². The van der Waals surface area contributed by atoms with Crippen LogP contribution in [0.3, 0.4) is 0 Å². The lowest BCUT2D eigenvalue weighted by Crippen LogP contribution is -2.16. The molecule has 8 heteroatoms. The number of hydrogen-bond acceptors (Lipinski definition) is 6. The van der Waals surface area contributed by atoms with Crippen molar-refractivity contribution in [3.8, 4) is 0 Å². The zero-order valence-corrected chi connectivity index (χ0v) is 13.7. The first-order valence-corrected chi connectivity index (χ1v) is 7.59. The molecule has 1 aromatic carbocycles. The molecule has 25 heavy (non-hydrogen) atoms. The highest BCUT2D eigenvalue weighted by Crippen LogP contribution is 2.13. The zero-order chi connectivity index (χ0) is 17.8. The Kier molecular flexibility index (Phi) is 4.69. The summed E-state index contributed by atoms with van der Waals surface area (Å²) >= 11 is 0. The molecule has 0 spiro atoms. The van der Waals surface area contributed by atoms with E-state index in [0.717, 1.165) is 0 Å².